The summed E-state index contributed by atoms with van der Waals surface area (Å²) in [5.41, 5.74) is 1.58. The van der Waals surface area contributed by atoms with Crippen molar-refractivity contribution in [3.63, 3.8) is 0 Å². The number of aliphatic hydroxyl groups is 1. The molecule has 0 spiro atoms. The summed E-state index contributed by atoms with van der Waals surface area (Å²) in [5, 5.41) is 10.0. The Morgan fingerprint density at radius 3 is 2.71 bits per heavy atom. The fourth-order valence-electron chi connectivity index (χ4n) is 6.19. The van der Waals surface area contributed by atoms with Gasteiger partial charge in [-0.2, -0.15) is 0 Å². The van der Waals surface area contributed by atoms with Gasteiger partial charge in [0.1, 0.15) is 6.10 Å². The van der Waals surface area contributed by atoms with Crippen LogP contribution >= 0.6 is 0 Å². The van der Waals surface area contributed by atoms with Crippen LogP contribution in [0.25, 0.3) is 0 Å². The van der Waals surface area contributed by atoms with Crippen molar-refractivity contribution in [1.82, 2.24) is 0 Å². The molecule has 1 N–H and O–H groups in total. The number of esters is 1. The Bertz CT molecular complexity index is 525. The van der Waals surface area contributed by atoms with Gasteiger partial charge in [0.15, 0.2) is 0 Å². The van der Waals surface area contributed by atoms with Gasteiger partial charge in [0, 0.05) is 12.3 Å². The molecular formula is C21H34O3. The van der Waals surface area contributed by atoms with E-state index in [4.69, 9.17) is 4.74 Å². The van der Waals surface area contributed by atoms with E-state index >= 15 is 0 Å². The molecule has 0 radical (unpaired) electrons. The zero-order valence-electron chi connectivity index (χ0n) is 15.9. The Morgan fingerprint density at radius 2 is 2.04 bits per heavy atom. The third-order valence-corrected chi connectivity index (χ3v) is 7.76. The molecule has 3 aliphatic rings. The van der Waals surface area contributed by atoms with Crippen LogP contribution in [0.3, 0.4) is 0 Å². The van der Waals surface area contributed by atoms with Gasteiger partial charge in [0.25, 0.3) is 0 Å². The highest BCUT2D eigenvalue weighted by Gasteiger charge is 2.53. The minimum absolute atomic E-state index is 0.0308. The fraction of sp³-hybridized carbons (Fsp3) is 0.857. The maximum Gasteiger partial charge on any atom is 0.302 e. The van der Waals surface area contributed by atoms with Gasteiger partial charge in [-0.1, -0.05) is 32.4 Å². The number of hydrogen-bond donors (Lipinski definition) is 1. The molecule has 2 saturated carbocycles. The minimum atomic E-state index is -0.168. The van der Waals surface area contributed by atoms with E-state index in [0.29, 0.717) is 23.7 Å². The lowest BCUT2D eigenvalue weighted by Crippen LogP contribution is -2.52. The van der Waals surface area contributed by atoms with Crippen LogP contribution < -0.4 is 0 Å². The highest BCUT2D eigenvalue weighted by atomic mass is 16.5. The Kier molecular flexibility index (Phi) is 4.85. The summed E-state index contributed by atoms with van der Waals surface area (Å²) in [7, 11) is 0. The predicted molar refractivity (Wildman–Crippen MR) is 95.3 cm³/mol. The quantitative estimate of drug-likeness (QED) is 0.603. The summed E-state index contributed by atoms with van der Waals surface area (Å²) in [6.45, 7) is 10.6. The number of hydrogen-bond acceptors (Lipinski definition) is 3. The van der Waals surface area contributed by atoms with Gasteiger partial charge in [-0.25, -0.2) is 0 Å². The van der Waals surface area contributed by atoms with E-state index in [2.05, 4.69) is 33.8 Å². The van der Waals surface area contributed by atoms with Crippen LogP contribution in [0.5, 0.6) is 0 Å². The van der Waals surface area contributed by atoms with Gasteiger partial charge in [-0.15, -0.1) is 0 Å². The number of allylic oxidation sites excluding steroid dienone is 1. The lowest BCUT2D eigenvalue weighted by molar-refractivity contribution is -0.161. The van der Waals surface area contributed by atoms with Crippen LogP contribution in [-0.2, 0) is 9.53 Å². The average Bonchev–Trinajstić information content (AvgIpc) is 2.49. The SMILES string of the molecule is CC(=O)O[C@@H](C)[C@@]1(C)CC[C@H]2[C@H](C1C)[C@@H](C)C=C1C[C@@H](O)CC[C@@H]12. The Hall–Kier alpha value is -0.830. The predicted octanol–water partition coefficient (Wildman–Crippen LogP) is 4.34. The smallest absolute Gasteiger partial charge is 0.302 e. The number of ether oxygens (including phenoxy) is 1. The van der Waals surface area contributed by atoms with Gasteiger partial charge >= 0.3 is 5.97 Å². The molecule has 2 fully saturated rings. The molecule has 0 aromatic carbocycles. The van der Waals surface area contributed by atoms with Gasteiger partial charge in [0.2, 0.25) is 0 Å². The zero-order valence-corrected chi connectivity index (χ0v) is 15.9. The molecule has 3 nitrogen and oxygen atoms in total. The lowest BCUT2D eigenvalue weighted by Gasteiger charge is -2.56. The molecule has 0 heterocycles. The van der Waals surface area contributed by atoms with E-state index in [1.165, 1.54) is 18.9 Å². The molecule has 3 rings (SSSR count). The van der Waals surface area contributed by atoms with E-state index in [-0.39, 0.29) is 23.6 Å². The van der Waals surface area contributed by atoms with E-state index in [1.54, 1.807) is 0 Å². The van der Waals surface area contributed by atoms with Crippen molar-refractivity contribution in [3.05, 3.63) is 11.6 Å². The lowest BCUT2D eigenvalue weighted by atomic mass is 9.49. The molecule has 24 heavy (non-hydrogen) atoms. The summed E-state index contributed by atoms with van der Waals surface area (Å²) in [6.07, 6.45) is 7.63. The molecule has 0 saturated heterocycles. The van der Waals surface area contributed by atoms with Gasteiger partial charge in [-0.3, -0.25) is 4.79 Å². The third-order valence-electron chi connectivity index (χ3n) is 7.76. The Balaban J connectivity index is 1.85. The number of carbonyl (C=O) groups excluding carboxylic acids is 1. The molecular weight excluding hydrogens is 300 g/mol. The van der Waals surface area contributed by atoms with Crippen LogP contribution in [0.4, 0.5) is 0 Å². The van der Waals surface area contributed by atoms with Gasteiger partial charge in [-0.05, 0) is 68.6 Å². The van der Waals surface area contributed by atoms with E-state index in [0.717, 1.165) is 31.6 Å². The fourth-order valence-corrected chi connectivity index (χ4v) is 6.19. The van der Waals surface area contributed by atoms with E-state index < -0.39 is 0 Å². The van der Waals surface area contributed by atoms with Crippen LogP contribution in [0.15, 0.2) is 11.6 Å². The highest BCUT2D eigenvalue weighted by Crippen LogP contribution is 2.58. The Morgan fingerprint density at radius 1 is 1.33 bits per heavy atom. The summed E-state index contributed by atoms with van der Waals surface area (Å²) < 4.78 is 5.61. The summed E-state index contributed by atoms with van der Waals surface area (Å²) >= 11 is 0. The number of aliphatic hydroxyl groups excluding tert-OH is 1. The molecule has 8 atom stereocenters. The largest absolute Gasteiger partial charge is 0.462 e. The summed E-state index contributed by atoms with van der Waals surface area (Å²) in [5.74, 6) is 2.98. The standard InChI is InChI=1S/C21H34O3/c1-12-10-16-11-17(23)6-7-18(16)19-8-9-21(5,13(2)20(12)19)14(3)24-15(4)22/h10,12-14,17-20,23H,6-9,11H2,1-5H3/t12-,13?,14-,17-,18-,19+,20-,21-/m0/s1. The zero-order chi connectivity index (χ0) is 17.6. The van der Waals surface area contributed by atoms with Crippen molar-refractivity contribution in [3.8, 4) is 0 Å². The third kappa shape index (κ3) is 2.94. The molecule has 136 valence electrons. The van der Waals surface area contributed by atoms with Gasteiger partial charge < -0.3 is 9.84 Å². The second-order valence-corrected chi connectivity index (χ2v) is 8.97. The maximum absolute atomic E-state index is 11.5. The molecule has 3 heteroatoms. The first-order valence-electron chi connectivity index (χ1n) is 9.80. The summed E-state index contributed by atoms with van der Waals surface area (Å²) in [6, 6.07) is 0. The van der Waals surface area contributed by atoms with Crippen molar-refractivity contribution in [2.24, 2.45) is 35.0 Å². The van der Waals surface area contributed by atoms with Crippen molar-refractivity contribution >= 4 is 5.97 Å². The monoisotopic (exact) mass is 334 g/mol. The van der Waals surface area contributed by atoms with Crippen LogP contribution in [-0.4, -0.2) is 23.3 Å². The molecule has 0 amide bonds. The first-order chi connectivity index (χ1) is 11.2. The highest BCUT2D eigenvalue weighted by molar-refractivity contribution is 5.66. The molecule has 0 aromatic heterocycles. The van der Waals surface area contributed by atoms with E-state index in [9.17, 15) is 9.90 Å². The van der Waals surface area contributed by atoms with Crippen molar-refractivity contribution < 1.29 is 14.6 Å². The second kappa shape index (κ2) is 6.48. The first-order valence-corrected chi connectivity index (χ1v) is 9.80. The normalized spacial score (nSPS) is 46.3. The van der Waals surface area contributed by atoms with E-state index in [1.807, 2.05) is 0 Å². The van der Waals surface area contributed by atoms with Crippen LogP contribution in [0, 0.1) is 35.0 Å². The molecule has 0 aliphatic heterocycles. The Labute approximate surface area is 146 Å². The number of rotatable bonds is 2. The number of carbonyl (C=O) groups is 1. The average molecular weight is 335 g/mol. The van der Waals surface area contributed by atoms with Crippen molar-refractivity contribution in [1.29, 1.82) is 0 Å². The first kappa shape index (κ1) is 18.0. The molecule has 1 unspecified atom stereocenters. The minimum Gasteiger partial charge on any atom is -0.462 e. The second-order valence-electron chi connectivity index (χ2n) is 8.97. The molecule has 3 aliphatic carbocycles. The van der Waals surface area contributed by atoms with Crippen molar-refractivity contribution in [2.75, 3.05) is 0 Å². The van der Waals surface area contributed by atoms with Crippen LogP contribution in [0.1, 0.15) is 66.7 Å². The topological polar surface area (TPSA) is 46.5 Å². The molecule has 0 aromatic rings. The van der Waals surface area contributed by atoms with Crippen molar-refractivity contribution in [2.45, 2.75) is 78.9 Å². The maximum atomic E-state index is 11.5. The van der Waals surface area contributed by atoms with Gasteiger partial charge in [0.05, 0.1) is 6.10 Å². The molecule has 0 bridgehead atoms. The summed E-state index contributed by atoms with van der Waals surface area (Å²) in [4.78, 5) is 11.5. The van der Waals surface area contributed by atoms with Crippen LogP contribution in [0.2, 0.25) is 0 Å². The number of fused-ring (bicyclic) bond motifs is 3.